The zero-order chi connectivity index (χ0) is 19.1. The Balaban J connectivity index is 1.93. The summed E-state index contributed by atoms with van der Waals surface area (Å²) in [7, 11) is 1.35. The van der Waals surface area contributed by atoms with Crippen molar-refractivity contribution in [2.75, 3.05) is 13.7 Å². The van der Waals surface area contributed by atoms with Crippen LogP contribution < -0.4 is 14.9 Å². The second-order valence-electron chi connectivity index (χ2n) is 5.54. The molecule has 8 heteroatoms. The monoisotopic (exact) mass is 357 g/mol. The van der Waals surface area contributed by atoms with Crippen LogP contribution in [-0.4, -0.2) is 30.8 Å². The normalized spacial score (nSPS) is 10.6. The number of nitrogens with one attached hydrogen (secondary N) is 1. The fraction of sp³-hybridized carbons (Fsp3) is 0.222. The lowest BCUT2D eigenvalue weighted by atomic mass is 10.1. The van der Waals surface area contributed by atoms with Crippen molar-refractivity contribution in [1.82, 2.24) is 5.43 Å². The molecule has 2 aromatic rings. The molecule has 1 N–H and O–H groups in total. The van der Waals surface area contributed by atoms with Gasteiger partial charge in [-0.25, -0.2) is 5.43 Å². The van der Waals surface area contributed by atoms with E-state index in [2.05, 4.69) is 10.5 Å². The van der Waals surface area contributed by atoms with Gasteiger partial charge in [0.25, 0.3) is 5.91 Å². The van der Waals surface area contributed by atoms with Crippen molar-refractivity contribution >= 4 is 17.8 Å². The van der Waals surface area contributed by atoms with Gasteiger partial charge in [-0.2, -0.15) is 5.10 Å². The van der Waals surface area contributed by atoms with Crippen molar-refractivity contribution in [1.29, 1.82) is 0 Å². The SMILES string of the molecule is COc1ccc(/C=N/NC(=O)COc2cc(C)ccc2C)cc1[N+](=O)[O-]. The number of ether oxygens (including phenoxy) is 2. The summed E-state index contributed by atoms with van der Waals surface area (Å²) in [6, 6.07) is 10.1. The summed E-state index contributed by atoms with van der Waals surface area (Å²) in [5.74, 6) is 0.346. The molecule has 0 atom stereocenters. The summed E-state index contributed by atoms with van der Waals surface area (Å²) in [6.45, 7) is 3.64. The van der Waals surface area contributed by atoms with Crippen molar-refractivity contribution in [3.05, 3.63) is 63.2 Å². The van der Waals surface area contributed by atoms with Gasteiger partial charge in [-0.05, 0) is 43.2 Å². The number of carbonyl (C=O) groups excluding carboxylic acids is 1. The van der Waals surface area contributed by atoms with Gasteiger partial charge in [0.05, 0.1) is 18.2 Å². The molecule has 0 spiro atoms. The highest BCUT2D eigenvalue weighted by molar-refractivity contribution is 5.84. The number of methoxy groups -OCH3 is 1. The smallest absolute Gasteiger partial charge is 0.311 e. The number of amides is 1. The van der Waals surface area contributed by atoms with Gasteiger partial charge in [0.1, 0.15) is 5.75 Å². The maximum Gasteiger partial charge on any atom is 0.311 e. The molecular formula is C18H19N3O5. The average Bonchev–Trinajstić information content (AvgIpc) is 2.62. The van der Waals surface area contributed by atoms with Gasteiger partial charge in [0, 0.05) is 11.6 Å². The van der Waals surface area contributed by atoms with Crippen LogP contribution in [0.15, 0.2) is 41.5 Å². The number of hydrogen-bond donors (Lipinski definition) is 1. The molecule has 0 bridgehead atoms. The quantitative estimate of drug-likeness (QED) is 0.466. The zero-order valence-corrected chi connectivity index (χ0v) is 14.7. The standard InChI is InChI=1S/C18H19N3O5/c1-12-4-5-13(2)17(8-12)26-11-18(22)20-19-10-14-6-7-16(25-3)15(9-14)21(23)24/h4-10H,11H2,1-3H3,(H,20,22)/b19-10+. The van der Waals surface area contributed by atoms with Crippen LogP contribution in [0.4, 0.5) is 5.69 Å². The molecule has 0 saturated carbocycles. The Morgan fingerprint density at radius 2 is 2.00 bits per heavy atom. The second kappa shape index (κ2) is 8.61. The number of benzene rings is 2. The molecule has 8 nitrogen and oxygen atoms in total. The Morgan fingerprint density at radius 3 is 2.69 bits per heavy atom. The Labute approximate surface area is 150 Å². The zero-order valence-electron chi connectivity index (χ0n) is 14.7. The number of hydrogen-bond acceptors (Lipinski definition) is 6. The molecule has 0 radical (unpaired) electrons. The van der Waals surface area contributed by atoms with E-state index in [9.17, 15) is 14.9 Å². The molecule has 2 rings (SSSR count). The van der Waals surface area contributed by atoms with Crippen molar-refractivity contribution in [2.24, 2.45) is 5.10 Å². The molecule has 136 valence electrons. The van der Waals surface area contributed by atoms with E-state index in [4.69, 9.17) is 9.47 Å². The van der Waals surface area contributed by atoms with Crippen molar-refractivity contribution in [3.63, 3.8) is 0 Å². The predicted octanol–water partition coefficient (Wildman–Crippen LogP) is 2.75. The van der Waals surface area contributed by atoms with Crippen LogP contribution >= 0.6 is 0 Å². The van der Waals surface area contributed by atoms with Crippen LogP contribution in [0.1, 0.15) is 16.7 Å². The highest BCUT2D eigenvalue weighted by Gasteiger charge is 2.14. The van der Waals surface area contributed by atoms with E-state index >= 15 is 0 Å². The number of nitrogens with zero attached hydrogens (tertiary/aromatic N) is 2. The van der Waals surface area contributed by atoms with Crippen molar-refractivity contribution in [3.8, 4) is 11.5 Å². The first-order valence-corrected chi connectivity index (χ1v) is 7.75. The molecule has 2 aromatic carbocycles. The molecule has 0 aromatic heterocycles. The lowest BCUT2D eigenvalue weighted by Crippen LogP contribution is -2.24. The average molecular weight is 357 g/mol. The Kier molecular flexibility index (Phi) is 6.26. The number of carbonyl (C=O) groups is 1. The minimum atomic E-state index is -0.549. The summed E-state index contributed by atoms with van der Waals surface area (Å²) in [6.07, 6.45) is 1.31. The van der Waals surface area contributed by atoms with Gasteiger partial charge in [0.2, 0.25) is 0 Å². The van der Waals surface area contributed by atoms with Gasteiger partial charge < -0.3 is 9.47 Å². The summed E-state index contributed by atoms with van der Waals surface area (Å²) < 4.78 is 10.4. The molecule has 0 aliphatic rings. The van der Waals surface area contributed by atoms with Gasteiger partial charge in [0.15, 0.2) is 12.4 Å². The lowest BCUT2D eigenvalue weighted by molar-refractivity contribution is -0.385. The van der Waals surface area contributed by atoms with Crippen molar-refractivity contribution < 1.29 is 19.2 Å². The molecule has 1 amide bonds. The third kappa shape index (κ3) is 5.04. The maximum absolute atomic E-state index is 11.8. The van der Waals surface area contributed by atoms with E-state index in [0.29, 0.717) is 11.3 Å². The summed E-state index contributed by atoms with van der Waals surface area (Å²) >= 11 is 0. The van der Waals surface area contributed by atoms with E-state index in [1.807, 2.05) is 32.0 Å². The fourth-order valence-electron chi connectivity index (χ4n) is 2.15. The Morgan fingerprint density at radius 1 is 1.23 bits per heavy atom. The molecule has 0 saturated heterocycles. The van der Waals surface area contributed by atoms with E-state index in [1.165, 1.54) is 25.5 Å². The van der Waals surface area contributed by atoms with E-state index in [-0.39, 0.29) is 18.0 Å². The van der Waals surface area contributed by atoms with Gasteiger partial charge in [-0.3, -0.25) is 14.9 Å². The van der Waals surface area contributed by atoms with Gasteiger partial charge >= 0.3 is 5.69 Å². The minimum Gasteiger partial charge on any atom is -0.490 e. The first-order chi connectivity index (χ1) is 12.4. The highest BCUT2D eigenvalue weighted by atomic mass is 16.6. The van der Waals surface area contributed by atoms with Crippen LogP contribution in [0.3, 0.4) is 0 Å². The molecule has 0 aliphatic carbocycles. The maximum atomic E-state index is 11.8. The summed E-state index contributed by atoms with van der Waals surface area (Å²) in [4.78, 5) is 22.2. The number of nitro benzene ring substituents is 1. The molecule has 0 aliphatic heterocycles. The van der Waals surface area contributed by atoms with E-state index in [0.717, 1.165) is 11.1 Å². The predicted molar refractivity (Wildman–Crippen MR) is 96.8 cm³/mol. The third-order valence-corrected chi connectivity index (χ3v) is 3.50. The lowest BCUT2D eigenvalue weighted by Gasteiger charge is -2.08. The number of hydrazone groups is 1. The largest absolute Gasteiger partial charge is 0.490 e. The van der Waals surface area contributed by atoms with Crippen LogP contribution in [0.2, 0.25) is 0 Å². The topological polar surface area (TPSA) is 103 Å². The number of nitro groups is 1. The van der Waals surface area contributed by atoms with Crippen LogP contribution in [-0.2, 0) is 4.79 Å². The first kappa shape index (κ1) is 18.9. The molecule has 0 fully saturated rings. The molecule has 0 heterocycles. The van der Waals surface area contributed by atoms with Crippen LogP contribution in [0.25, 0.3) is 0 Å². The molecule has 26 heavy (non-hydrogen) atoms. The Hall–Kier alpha value is -3.42. The first-order valence-electron chi connectivity index (χ1n) is 7.75. The number of rotatable bonds is 7. The fourth-order valence-corrected chi connectivity index (χ4v) is 2.15. The number of aryl methyl sites for hydroxylation is 2. The molecule has 0 unspecified atom stereocenters. The van der Waals surface area contributed by atoms with Gasteiger partial charge in [-0.15, -0.1) is 0 Å². The van der Waals surface area contributed by atoms with Crippen molar-refractivity contribution in [2.45, 2.75) is 13.8 Å². The summed E-state index contributed by atoms with van der Waals surface area (Å²) in [5, 5.41) is 14.8. The van der Waals surface area contributed by atoms with Crippen LogP contribution in [0.5, 0.6) is 11.5 Å². The highest BCUT2D eigenvalue weighted by Crippen LogP contribution is 2.26. The van der Waals surface area contributed by atoms with Crippen LogP contribution in [0, 0.1) is 24.0 Å². The minimum absolute atomic E-state index is 0.151. The molecular weight excluding hydrogens is 338 g/mol. The Bertz CT molecular complexity index is 849. The van der Waals surface area contributed by atoms with E-state index < -0.39 is 10.8 Å². The summed E-state index contributed by atoms with van der Waals surface area (Å²) in [5.41, 5.74) is 4.55. The van der Waals surface area contributed by atoms with E-state index in [1.54, 1.807) is 6.07 Å². The van der Waals surface area contributed by atoms with Gasteiger partial charge in [-0.1, -0.05) is 12.1 Å². The second-order valence-corrected chi connectivity index (χ2v) is 5.54. The third-order valence-electron chi connectivity index (χ3n) is 3.50.